The Morgan fingerprint density at radius 1 is 1.13 bits per heavy atom. The largest absolute Gasteiger partial charge is 0.484 e. The molecule has 0 unspecified atom stereocenters. The number of hydrogen-bond donors (Lipinski definition) is 1. The summed E-state index contributed by atoms with van der Waals surface area (Å²) in [6, 6.07) is 17.8. The van der Waals surface area contributed by atoms with E-state index in [1.165, 1.54) is 12.0 Å². The van der Waals surface area contributed by atoms with Gasteiger partial charge in [0.15, 0.2) is 6.61 Å². The monoisotopic (exact) mass is 373 g/mol. The van der Waals surface area contributed by atoms with Gasteiger partial charge in [-0.05, 0) is 42.7 Å². The highest BCUT2D eigenvalue weighted by Crippen LogP contribution is 2.43. The summed E-state index contributed by atoms with van der Waals surface area (Å²) in [6.45, 7) is 0.721. The van der Waals surface area contributed by atoms with Crippen LogP contribution in [0.25, 0.3) is 0 Å². The van der Waals surface area contributed by atoms with Crippen molar-refractivity contribution in [2.45, 2.75) is 24.7 Å². The number of carbonyl (C=O) groups excluding carboxylic acids is 1. The van der Waals surface area contributed by atoms with E-state index >= 15 is 0 Å². The Morgan fingerprint density at radius 2 is 1.91 bits per heavy atom. The molecule has 0 aromatic heterocycles. The summed E-state index contributed by atoms with van der Waals surface area (Å²) in [5.74, 6) is 0.642. The maximum Gasteiger partial charge on any atom is 0.257 e. The number of rotatable bonds is 6. The van der Waals surface area contributed by atoms with E-state index < -0.39 is 0 Å². The molecule has 1 fully saturated rings. The van der Waals surface area contributed by atoms with Gasteiger partial charge in [0.2, 0.25) is 0 Å². The molecule has 3 rings (SSSR count). The molecule has 23 heavy (non-hydrogen) atoms. The summed E-state index contributed by atoms with van der Waals surface area (Å²) in [5.41, 5.74) is 1.37. The van der Waals surface area contributed by atoms with Gasteiger partial charge < -0.3 is 10.1 Å². The first-order valence-electron chi connectivity index (χ1n) is 7.89. The van der Waals surface area contributed by atoms with Crippen LogP contribution >= 0.6 is 15.9 Å². The molecule has 1 amide bonds. The lowest BCUT2D eigenvalue weighted by Crippen LogP contribution is -2.46. The molecular weight excluding hydrogens is 354 g/mol. The number of ether oxygens (including phenoxy) is 1. The van der Waals surface area contributed by atoms with Crippen molar-refractivity contribution >= 4 is 21.8 Å². The minimum absolute atomic E-state index is 0.0541. The summed E-state index contributed by atoms with van der Waals surface area (Å²) >= 11 is 3.53. The standard InChI is InChI=1S/C19H20BrNO2/c20-16-7-4-6-15(12-16)19(10-5-11-19)14-21-18(22)13-23-17-8-2-1-3-9-17/h1-4,6-9,12H,5,10-11,13-14H2,(H,21,22). The van der Waals surface area contributed by atoms with Gasteiger partial charge in [-0.3, -0.25) is 4.79 Å². The van der Waals surface area contributed by atoms with Crippen molar-refractivity contribution in [3.8, 4) is 5.75 Å². The van der Waals surface area contributed by atoms with E-state index in [1.807, 2.05) is 36.4 Å². The fourth-order valence-electron chi connectivity index (χ4n) is 2.97. The van der Waals surface area contributed by atoms with Crippen molar-refractivity contribution in [2.24, 2.45) is 0 Å². The van der Waals surface area contributed by atoms with Gasteiger partial charge in [-0.25, -0.2) is 0 Å². The molecular formula is C19H20BrNO2. The van der Waals surface area contributed by atoms with E-state index in [0.29, 0.717) is 12.3 Å². The Morgan fingerprint density at radius 3 is 2.57 bits per heavy atom. The highest BCUT2D eigenvalue weighted by atomic mass is 79.9. The number of benzene rings is 2. The molecule has 2 aromatic rings. The Bertz CT molecular complexity index is 668. The van der Waals surface area contributed by atoms with Crippen molar-refractivity contribution < 1.29 is 9.53 Å². The number of para-hydroxylation sites is 1. The molecule has 1 N–H and O–H groups in total. The van der Waals surface area contributed by atoms with Gasteiger partial charge in [0.05, 0.1) is 0 Å². The van der Waals surface area contributed by atoms with Crippen molar-refractivity contribution in [3.05, 3.63) is 64.6 Å². The molecule has 3 nitrogen and oxygen atoms in total. The highest BCUT2D eigenvalue weighted by Gasteiger charge is 2.38. The van der Waals surface area contributed by atoms with Crippen LogP contribution in [0, 0.1) is 0 Å². The second-order valence-corrected chi connectivity index (χ2v) is 6.94. The van der Waals surface area contributed by atoms with Crippen LogP contribution < -0.4 is 10.1 Å². The van der Waals surface area contributed by atoms with Crippen molar-refractivity contribution in [1.29, 1.82) is 0 Å². The van der Waals surface area contributed by atoms with Crippen LogP contribution in [0.5, 0.6) is 5.75 Å². The fourth-order valence-corrected chi connectivity index (χ4v) is 3.37. The average molecular weight is 374 g/mol. The topological polar surface area (TPSA) is 38.3 Å². The van der Waals surface area contributed by atoms with Gasteiger partial charge in [0.1, 0.15) is 5.75 Å². The van der Waals surface area contributed by atoms with Crippen LogP contribution in [-0.2, 0) is 10.2 Å². The quantitative estimate of drug-likeness (QED) is 0.828. The lowest BCUT2D eigenvalue weighted by molar-refractivity contribution is -0.123. The third kappa shape index (κ3) is 3.94. The molecule has 1 aliphatic carbocycles. The summed E-state index contributed by atoms with van der Waals surface area (Å²) in [6.07, 6.45) is 3.44. The zero-order valence-electron chi connectivity index (χ0n) is 12.9. The molecule has 1 aliphatic rings. The van der Waals surface area contributed by atoms with Crippen LogP contribution in [0.4, 0.5) is 0 Å². The highest BCUT2D eigenvalue weighted by molar-refractivity contribution is 9.10. The zero-order valence-corrected chi connectivity index (χ0v) is 14.5. The maximum absolute atomic E-state index is 12.1. The number of nitrogens with one attached hydrogen (secondary N) is 1. The third-order valence-electron chi connectivity index (χ3n) is 4.48. The van der Waals surface area contributed by atoms with E-state index in [2.05, 4.69) is 39.4 Å². The summed E-state index contributed by atoms with van der Waals surface area (Å²) in [4.78, 5) is 12.1. The second kappa shape index (κ2) is 7.18. The zero-order chi connectivity index (χ0) is 16.1. The fraction of sp³-hybridized carbons (Fsp3) is 0.316. The first-order chi connectivity index (χ1) is 11.2. The normalized spacial score (nSPS) is 15.5. The van der Waals surface area contributed by atoms with E-state index in [-0.39, 0.29) is 17.9 Å². The third-order valence-corrected chi connectivity index (χ3v) is 4.98. The summed E-state index contributed by atoms with van der Waals surface area (Å²) in [7, 11) is 0. The van der Waals surface area contributed by atoms with Crippen molar-refractivity contribution in [2.75, 3.05) is 13.2 Å². The van der Waals surface area contributed by atoms with Gasteiger partial charge in [0.25, 0.3) is 5.91 Å². The Labute approximate surface area is 145 Å². The molecule has 0 bridgehead atoms. The van der Waals surface area contributed by atoms with E-state index in [1.54, 1.807) is 0 Å². The van der Waals surface area contributed by atoms with Crippen LogP contribution in [0.1, 0.15) is 24.8 Å². The Hall–Kier alpha value is -1.81. The van der Waals surface area contributed by atoms with Gasteiger partial charge >= 0.3 is 0 Å². The van der Waals surface area contributed by atoms with Crippen molar-refractivity contribution in [1.82, 2.24) is 5.32 Å². The average Bonchev–Trinajstić information content (AvgIpc) is 2.53. The summed E-state index contributed by atoms with van der Waals surface area (Å²) < 4.78 is 6.57. The minimum Gasteiger partial charge on any atom is -0.484 e. The molecule has 0 heterocycles. The van der Waals surface area contributed by atoms with Crippen molar-refractivity contribution in [3.63, 3.8) is 0 Å². The lowest BCUT2D eigenvalue weighted by atomic mass is 9.64. The van der Waals surface area contributed by atoms with E-state index in [4.69, 9.17) is 4.74 Å². The first kappa shape index (κ1) is 16.1. The van der Waals surface area contributed by atoms with Gasteiger partial charge in [-0.1, -0.05) is 52.7 Å². The maximum atomic E-state index is 12.1. The van der Waals surface area contributed by atoms with E-state index in [9.17, 15) is 4.79 Å². The smallest absolute Gasteiger partial charge is 0.257 e. The molecule has 0 atom stereocenters. The number of hydrogen-bond acceptors (Lipinski definition) is 2. The molecule has 0 aliphatic heterocycles. The number of carbonyl (C=O) groups is 1. The van der Waals surface area contributed by atoms with Crippen LogP contribution in [0.15, 0.2) is 59.1 Å². The molecule has 4 heteroatoms. The molecule has 0 spiro atoms. The van der Waals surface area contributed by atoms with Gasteiger partial charge in [0, 0.05) is 16.4 Å². The first-order valence-corrected chi connectivity index (χ1v) is 8.68. The van der Waals surface area contributed by atoms with Crippen LogP contribution in [0.3, 0.4) is 0 Å². The molecule has 1 saturated carbocycles. The lowest BCUT2D eigenvalue weighted by Gasteiger charge is -2.42. The molecule has 120 valence electrons. The Balaban J connectivity index is 1.55. The minimum atomic E-state index is -0.0740. The predicted octanol–water partition coefficient (Wildman–Crippen LogP) is 4.07. The van der Waals surface area contributed by atoms with Gasteiger partial charge in [-0.2, -0.15) is 0 Å². The summed E-state index contributed by atoms with van der Waals surface area (Å²) in [5, 5.41) is 3.03. The van der Waals surface area contributed by atoms with Gasteiger partial charge in [-0.15, -0.1) is 0 Å². The Kier molecular flexibility index (Phi) is 5.01. The number of halogens is 1. The molecule has 0 saturated heterocycles. The van der Waals surface area contributed by atoms with E-state index in [0.717, 1.165) is 17.3 Å². The SMILES string of the molecule is O=C(COc1ccccc1)NCC1(c2cccc(Br)c2)CCC1. The van der Waals surface area contributed by atoms with Crippen LogP contribution in [-0.4, -0.2) is 19.1 Å². The predicted molar refractivity (Wildman–Crippen MR) is 94.6 cm³/mol. The second-order valence-electron chi connectivity index (χ2n) is 6.02. The number of amides is 1. The molecule has 2 aromatic carbocycles. The van der Waals surface area contributed by atoms with Crippen LogP contribution in [0.2, 0.25) is 0 Å². The molecule has 0 radical (unpaired) electrons.